The summed E-state index contributed by atoms with van der Waals surface area (Å²) in [4.78, 5) is 35.2. The molecule has 0 aliphatic carbocycles. The molecule has 53 heavy (non-hydrogen) atoms. The highest BCUT2D eigenvalue weighted by atomic mass is 32.2. The second-order valence-electron chi connectivity index (χ2n) is 13.4. The average Bonchev–Trinajstić information content (AvgIpc) is 3.73. The molecule has 4 N–H and O–H groups in total. The van der Waals surface area contributed by atoms with E-state index in [4.69, 9.17) is 28.2 Å². The second-order valence-corrected chi connectivity index (χ2v) is 17.2. The van der Waals surface area contributed by atoms with Crippen molar-refractivity contribution in [3.8, 4) is 5.75 Å². The molecule has 18 heteroatoms. The summed E-state index contributed by atoms with van der Waals surface area (Å²) in [5.41, 5.74) is 1.31. The maximum atomic E-state index is 13.8. The third kappa shape index (κ3) is 12.4. The Balaban J connectivity index is 1.46. The summed E-state index contributed by atoms with van der Waals surface area (Å²) in [5.74, 6) is -0.419. The van der Waals surface area contributed by atoms with E-state index in [1.165, 1.54) is 30.5 Å². The van der Waals surface area contributed by atoms with Gasteiger partial charge < -0.3 is 44.3 Å². The van der Waals surface area contributed by atoms with Crippen LogP contribution < -0.4 is 15.4 Å². The smallest absolute Gasteiger partial charge is 0.407 e. The summed E-state index contributed by atoms with van der Waals surface area (Å²) in [6.45, 7) is 7.34. The summed E-state index contributed by atoms with van der Waals surface area (Å²) >= 11 is 0. The Morgan fingerprint density at radius 3 is 2.40 bits per heavy atom. The molecule has 296 valence electrons. The van der Waals surface area contributed by atoms with Crippen molar-refractivity contribution < 1.29 is 60.8 Å². The van der Waals surface area contributed by atoms with E-state index in [1.54, 1.807) is 43.3 Å². The van der Waals surface area contributed by atoms with Gasteiger partial charge in [0.15, 0.2) is 12.4 Å². The molecule has 7 atom stereocenters. The zero-order valence-electron chi connectivity index (χ0n) is 30.7. The minimum atomic E-state index is -4.10. The second kappa shape index (κ2) is 19.4. The van der Waals surface area contributed by atoms with Crippen LogP contribution >= 0.6 is 7.60 Å². The third-order valence-corrected chi connectivity index (χ3v) is 12.0. The largest absolute Gasteiger partial charge is 0.497 e. The lowest BCUT2D eigenvalue weighted by Crippen LogP contribution is -2.51. The number of carbonyl (C=O) groups is 2. The fourth-order valence-corrected chi connectivity index (χ4v) is 8.72. The maximum Gasteiger partial charge on any atom is 0.407 e. The third-order valence-electron chi connectivity index (χ3n) is 8.74. The Morgan fingerprint density at radius 1 is 1.06 bits per heavy atom. The molecular weight excluding hydrogens is 733 g/mol. The van der Waals surface area contributed by atoms with Gasteiger partial charge in [-0.1, -0.05) is 26.0 Å². The number of nitrogens with one attached hydrogen (secondary N) is 2. The molecule has 1 amide bonds. The minimum Gasteiger partial charge on any atom is -0.497 e. The molecular formula is C35H52N3O13PS. The number of carbonyl (C=O) groups excluding carboxylic acids is 2. The van der Waals surface area contributed by atoms with Gasteiger partial charge in [-0.15, -0.1) is 0 Å². The van der Waals surface area contributed by atoms with Gasteiger partial charge in [0, 0.05) is 25.3 Å². The number of hydrogen-bond donors (Lipinski definition) is 4. The van der Waals surface area contributed by atoms with Crippen molar-refractivity contribution in [1.82, 2.24) is 9.62 Å². The Morgan fingerprint density at radius 2 is 1.75 bits per heavy atom. The lowest BCUT2D eigenvalue weighted by molar-refractivity contribution is -0.150. The van der Waals surface area contributed by atoms with E-state index in [0.717, 1.165) is 0 Å². The molecule has 1 unspecified atom stereocenters. The standard InChI is InChI=1S/C35H52N3O13PS/c1-6-47-33(40)24(4)51-52(42,43)18-16-36-26-9-7-25(8-10-26)19-30(37-35(41)50-32-22-49-34-29(32)15-17-48-34)31(39)21-38(20-23(2)3)53(44,45)28-13-11-27(46-5)12-14-28/h7-14,23-24,29-32,34,36,39H,6,15-22H2,1-5H3,(H,37,41)(H,42,43)/t24-,29-,30-,31+,32-,34+/m0/s1. The SMILES string of the molecule is CCOC(=O)[C@H](C)OP(=O)(O)CCNc1ccc(C[C@H](NC(=O)O[C@H]2CO[C@H]3OCC[C@H]32)[C@H](O)CN(CC(C)C)S(=O)(=O)c2ccc(OC)cc2)cc1. The molecule has 2 aliphatic rings. The number of methoxy groups -OCH3 is 1. The van der Waals surface area contributed by atoms with Crippen LogP contribution in [0.2, 0.25) is 0 Å². The van der Waals surface area contributed by atoms with E-state index in [0.29, 0.717) is 30.0 Å². The van der Waals surface area contributed by atoms with E-state index in [2.05, 4.69) is 10.6 Å². The molecule has 0 bridgehead atoms. The summed E-state index contributed by atoms with van der Waals surface area (Å²) in [5, 5.41) is 17.4. The number of rotatable bonds is 20. The van der Waals surface area contributed by atoms with Crippen LogP contribution in [0.25, 0.3) is 0 Å². The Kier molecular flexibility index (Phi) is 15.5. The first kappa shape index (κ1) is 42.5. The fourth-order valence-electron chi connectivity index (χ4n) is 6.02. The monoisotopic (exact) mass is 785 g/mol. The Labute approximate surface area is 311 Å². The van der Waals surface area contributed by atoms with Gasteiger partial charge >= 0.3 is 19.7 Å². The van der Waals surface area contributed by atoms with E-state index in [-0.39, 0.29) is 62.2 Å². The fraction of sp³-hybridized carbons (Fsp3) is 0.600. The lowest BCUT2D eigenvalue weighted by atomic mass is 10.0. The number of esters is 1. The van der Waals surface area contributed by atoms with Crippen LogP contribution in [0.3, 0.4) is 0 Å². The van der Waals surface area contributed by atoms with Crippen molar-refractivity contribution in [3.63, 3.8) is 0 Å². The van der Waals surface area contributed by atoms with Crippen molar-refractivity contribution in [1.29, 1.82) is 0 Å². The molecule has 0 saturated carbocycles. The number of sulfonamides is 1. The van der Waals surface area contributed by atoms with Crippen molar-refractivity contribution in [2.75, 3.05) is 58.0 Å². The van der Waals surface area contributed by atoms with E-state index < -0.39 is 60.3 Å². The van der Waals surface area contributed by atoms with Crippen LogP contribution in [-0.4, -0.2) is 118 Å². The Bertz CT molecular complexity index is 1650. The number of amides is 1. The topological polar surface area (TPSA) is 208 Å². The van der Waals surface area contributed by atoms with Gasteiger partial charge in [-0.05, 0) is 74.6 Å². The minimum absolute atomic E-state index is 0.0327. The van der Waals surface area contributed by atoms with Crippen LogP contribution in [0.1, 0.15) is 39.7 Å². The molecule has 4 rings (SSSR count). The first-order valence-electron chi connectivity index (χ1n) is 17.6. The van der Waals surface area contributed by atoms with Gasteiger partial charge in [0.1, 0.15) is 11.9 Å². The first-order chi connectivity index (χ1) is 25.1. The summed E-state index contributed by atoms with van der Waals surface area (Å²) in [7, 11) is -6.67. The first-order valence-corrected chi connectivity index (χ1v) is 20.8. The summed E-state index contributed by atoms with van der Waals surface area (Å²) in [6.07, 6.45) is -3.79. The normalized spacial score (nSPS) is 21.3. The van der Waals surface area contributed by atoms with Gasteiger partial charge in [-0.2, -0.15) is 4.31 Å². The molecule has 0 radical (unpaired) electrons. The van der Waals surface area contributed by atoms with E-state index in [9.17, 15) is 32.6 Å². The van der Waals surface area contributed by atoms with Gasteiger partial charge in [0.05, 0.1) is 56.1 Å². The van der Waals surface area contributed by atoms with Crippen LogP contribution in [-0.2, 0) is 49.3 Å². The highest BCUT2D eigenvalue weighted by Gasteiger charge is 2.44. The van der Waals surface area contributed by atoms with E-state index >= 15 is 0 Å². The highest BCUT2D eigenvalue weighted by molar-refractivity contribution is 7.89. The van der Waals surface area contributed by atoms with Gasteiger partial charge in [0.2, 0.25) is 10.0 Å². The Hall–Kier alpha value is -3.28. The number of aliphatic hydroxyl groups is 1. The number of hydrogen-bond acceptors (Lipinski definition) is 13. The van der Waals surface area contributed by atoms with Gasteiger partial charge in [-0.3, -0.25) is 9.09 Å². The van der Waals surface area contributed by atoms with Crippen LogP contribution in [0, 0.1) is 11.8 Å². The number of ether oxygens (including phenoxy) is 5. The van der Waals surface area contributed by atoms with Gasteiger partial charge in [-0.25, -0.2) is 18.0 Å². The quantitative estimate of drug-likeness (QED) is 0.112. The van der Waals surface area contributed by atoms with Crippen molar-refractivity contribution in [3.05, 3.63) is 54.1 Å². The molecule has 16 nitrogen and oxygen atoms in total. The summed E-state index contributed by atoms with van der Waals surface area (Å²) < 4.78 is 73.2. The molecule has 2 fully saturated rings. The van der Waals surface area contributed by atoms with Crippen molar-refractivity contribution >= 4 is 35.4 Å². The summed E-state index contributed by atoms with van der Waals surface area (Å²) in [6, 6.07) is 11.9. The zero-order chi connectivity index (χ0) is 38.8. The zero-order valence-corrected chi connectivity index (χ0v) is 32.4. The molecule has 0 aromatic heterocycles. The molecule has 2 saturated heterocycles. The number of anilines is 1. The molecule has 2 aromatic carbocycles. The molecule has 2 aliphatic heterocycles. The predicted molar refractivity (Wildman–Crippen MR) is 194 cm³/mol. The molecule has 2 heterocycles. The van der Waals surface area contributed by atoms with Gasteiger partial charge in [0.25, 0.3) is 0 Å². The number of benzene rings is 2. The average molecular weight is 786 g/mol. The van der Waals surface area contributed by atoms with Crippen LogP contribution in [0.5, 0.6) is 5.75 Å². The maximum absolute atomic E-state index is 13.8. The number of nitrogens with zero attached hydrogens (tertiary/aromatic N) is 1. The molecule has 2 aromatic rings. The number of fused-ring (bicyclic) bond motifs is 1. The lowest BCUT2D eigenvalue weighted by Gasteiger charge is -2.31. The van der Waals surface area contributed by atoms with Crippen molar-refractivity contribution in [2.24, 2.45) is 11.8 Å². The predicted octanol–water partition coefficient (Wildman–Crippen LogP) is 3.37. The van der Waals surface area contributed by atoms with Crippen LogP contribution in [0.4, 0.5) is 10.5 Å². The highest BCUT2D eigenvalue weighted by Crippen LogP contribution is 2.43. The van der Waals surface area contributed by atoms with E-state index in [1.807, 2.05) is 13.8 Å². The molecule has 0 spiro atoms. The van der Waals surface area contributed by atoms with Crippen LogP contribution in [0.15, 0.2) is 53.4 Å². The van der Waals surface area contributed by atoms with Crippen molar-refractivity contribution in [2.45, 2.75) is 76.1 Å². The number of aliphatic hydroxyl groups excluding tert-OH is 1. The number of alkyl carbamates (subject to hydrolysis) is 1.